The van der Waals surface area contributed by atoms with Crippen LogP contribution in [0.15, 0.2) is 0 Å². The van der Waals surface area contributed by atoms with Crippen LogP contribution in [-0.2, 0) is 4.74 Å². The first-order chi connectivity index (χ1) is 4.85. The highest BCUT2D eigenvalue weighted by Crippen LogP contribution is 2.10. The lowest BCUT2D eigenvalue weighted by Crippen LogP contribution is -2.13. The maximum absolute atomic E-state index is 5.21. The highest BCUT2D eigenvalue weighted by atomic mass is 16.5. The van der Waals surface area contributed by atoms with Gasteiger partial charge in [-0.3, -0.25) is 0 Å². The molecule has 0 aromatic carbocycles. The number of nitrogens with two attached hydrogens (primary N) is 1. The van der Waals surface area contributed by atoms with E-state index in [4.69, 9.17) is 10.5 Å². The third-order valence-electron chi connectivity index (χ3n) is 1.75. The van der Waals surface area contributed by atoms with E-state index in [-0.39, 0.29) is 0 Å². The minimum atomic E-state index is 0.361. The van der Waals surface area contributed by atoms with Gasteiger partial charge < -0.3 is 10.5 Å². The zero-order chi connectivity index (χ0) is 7.82. The summed E-state index contributed by atoms with van der Waals surface area (Å²) < 4.78 is 5.12. The van der Waals surface area contributed by atoms with Crippen LogP contribution in [0, 0.1) is 5.92 Å². The highest BCUT2D eigenvalue weighted by molar-refractivity contribution is 4.53. The van der Waals surface area contributed by atoms with Gasteiger partial charge in [-0.2, -0.15) is 0 Å². The van der Waals surface area contributed by atoms with Crippen LogP contribution in [0.3, 0.4) is 0 Å². The summed E-state index contributed by atoms with van der Waals surface area (Å²) in [6, 6.07) is 0. The highest BCUT2D eigenvalue weighted by Gasteiger charge is 2.03. The van der Waals surface area contributed by atoms with Gasteiger partial charge in [0.2, 0.25) is 0 Å². The SMILES string of the molecule is CCCC(CC)COCN. The van der Waals surface area contributed by atoms with E-state index in [1.165, 1.54) is 19.3 Å². The Morgan fingerprint density at radius 3 is 2.50 bits per heavy atom. The van der Waals surface area contributed by atoms with Crippen LogP contribution in [0.1, 0.15) is 33.1 Å². The smallest absolute Gasteiger partial charge is 0.0940 e. The van der Waals surface area contributed by atoms with E-state index in [2.05, 4.69) is 13.8 Å². The molecule has 0 aliphatic carbocycles. The Morgan fingerprint density at radius 1 is 1.40 bits per heavy atom. The molecule has 0 aromatic rings. The summed E-state index contributed by atoms with van der Waals surface area (Å²) in [6.45, 7) is 5.59. The Morgan fingerprint density at radius 2 is 2.10 bits per heavy atom. The molecule has 1 atom stereocenters. The number of hydrogen-bond acceptors (Lipinski definition) is 2. The van der Waals surface area contributed by atoms with Gasteiger partial charge in [0.05, 0.1) is 13.3 Å². The van der Waals surface area contributed by atoms with Crippen LogP contribution in [-0.4, -0.2) is 13.3 Å². The van der Waals surface area contributed by atoms with Crippen molar-refractivity contribution >= 4 is 0 Å². The molecular formula is C8H19NO. The normalized spacial score (nSPS) is 13.5. The summed E-state index contributed by atoms with van der Waals surface area (Å²) in [7, 11) is 0. The van der Waals surface area contributed by atoms with Crippen LogP contribution in [0.5, 0.6) is 0 Å². The zero-order valence-electron chi connectivity index (χ0n) is 7.10. The molecule has 2 nitrogen and oxygen atoms in total. The summed E-state index contributed by atoms with van der Waals surface area (Å²) in [5.41, 5.74) is 5.21. The number of rotatable bonds is 6. The molecule has 62 valence electrons. The van der Waals surface area contributed by atoms with E-state index in [9.17, 15) is 0 Å². The van der Waals surface area contributed by atoms with Crippen molar-refractivity contribution in [2.24, 2.45) is 11.7 Å². The molecular weight excluding hydrogens is 126 g/mol. The van der Waals surface area contributed by atoms with E-state index in [0.717, 1.165) is 6.61 Å². The minimum Gasteiger partial charge on any atom is -0.366 e. The average Bonchev–Trinajstić information content (AvgIpc) is 1.98. The summed E-state index contributed by atoms with van der Waals surface area (Å²) in [4.78, 5) is 0. The van der Waals surface area contributed by atoms with Crippen molar-refractivity contribution in [1.29, 1.82) is 0 Å². The van der Waals surface area contributed by atoms with Gasteiger partial charge in [-0.15, -0.1) is 0 Å². The molecule has 0 saturated heterocycles. The Balaban J connectivity index is 3.21. The first-order valence-electron chi connectivity index (χ1n) is 4.12. The van der Waals surface area contributed by atoms with Gasteiger partial charge in [0.1, 0.15) is 0 Å². The fourth-order valence-corrected chi connectivity index (χ4v) is 1.05. The number of hydrogen-bond donors (Lipinski definition) is 1. The molecule has 0 radical (unpaired) electrons. The number of ether oxygens (including phenoxy) is 1. The first kappa shape index (κ1) is 9.92. The van der Waals surface area contributed by atoms with Crippen molar-refractivity contribution in [3.05, 3.63) is 0 Å². The van der Waals surface area contributed by atoms with Crippen molar-refractivity contribution in [2.45, 2.75) is 33.1 Å². The summed E-state index contributed by atoms with van der Waals surface area (Å²) in [5.74, 6) is 0.716. The molecule has 2 heteroatoms. The molecule has 1 unspecified atom stereocenters. The third kappa shape index (κ3) is 4.77. The predicted molar refractivity (Wildman–Crippen MR) is 43.7 cm³/mol. The predicted octanol–water partition coefficient (Wildman–Crippen LogP) is 1.75. The largest absolute Gasteiger partial charge is 0.366 e. The van der Waals surface area contributed by atoms with Crippen LogP contribution in [0.2, 0.25) is 0 Å². The van der Waals surface area contributed by atoms with E-state index < -0.39 is 0 Å². The maximum Gasteiger partial charge on any atom is 0.0940 e. The van der Waals surface area contributed by atoms with Crippen molar-refractivity contribution in [1.82, 2.24) is 0 Å². The molecule has 2 N–H and O–H groups in total. The molecule has 0 heterocycles. The lowest BCUT2D eigenvalue weighted by Gasteiger charge is -2.12. The van der Waals surface area contributed by atoms with E-state index in [1.54, 1.807) is 0 Å². The second-order valence-electron chi connectivity index (χ2n) is 2.60. The van der Waals surface area contributed by atoms with Crippen molar-refractivity contribution in [3.63, 3.8) is 0 Å². The monoisotopic (exact) mass is 145 g/mol. The molecule has 0 bridgehead atoms. The second-order valence-corrected chi connectivity index (χ2v) is 2.60. The Bertz CT molecular complexity index is 66.3. The second kappa shape index (κ2) is 7.03. The lowest BCUT2D eigenvalue weighted by molar-refractivity contribution is 0.0997. The quantitative estimate of drug-likeness (QED) is 0.578. The Hall–Kier alpha value is -0.0800. The van der Waals surface area contributed by atoms with Gasteiger partial charge in [-0.25, -0.2) is 0 Å². The van der Waals surface area contributed by atoms with Gasteiger partial charge in [0.25, 0.3) is 0 Å². The van der Waals surface area contributed by atoms with Crippen LogP contribution < -0.4 is 5.73 Å². The van der Waals surface area contributed by atoms with Gasteiger partial charge in [-0.1, -0.05) is 26.7 Å². The standard InChI is InChI=1S/C8H19NO/c1-3-5-8(4-2)6-10-7-9/h8H,3-7,9H2,1-2H3. The van der Waals surface area contributed by atoms with Crippen molar-refractivity contribution in [2.75, 3.05) is 13.3 Å². The fourth-order valence-electron chi connectivity index (χ4n) is 1.05. The fraction of sp³-hybridized carbons (Fsp3) is 1.00. The van der Waals surface area contributed by atoms with E-state index in [0.29, 0.717) is 12.6 Å². The molecule has 0 spiro atoms. The van der Waals surface area contributed by atoms with Crippen LogP contribution in [0.4, 0.5) is 0 Å². The molecule has 0 amide bonds. The molecule has 0 rings (SSSR count). The lowest BCUT2D eigenvalue weighted by atomic mass is 10.0. The summed E-state index contributed by atoms with van der Waals surface area (Å²) in [6.07, 6.45) is 3.71. The van der Waals surface area contributed by atoms with Gasteiger partial charge in [-0.05, 0) is 12.3 Å². The molecule has 0 fully saturated rings. The minimum absolute atomic E-state index is 0.361. The molecule has 0 aliphatic rings. The van der Waals surface area contributed by atoms with Gasteiger partial charge in [0.15, 0.2) is 0 Å². The van der Waals surface area contributed by atoms with Crippen molar-refractivity contribution in [3.8, 4) is 0 Å². The molecule has 0 aromatic heterocycles. The van der Waals surface area contributed by atoms with Gasteiger partial charge in [0, 0.05) is 0 Å². The summed E-state index contributed by atoms with van der Waals surface area (Å²) in [5, 5.41) is 0. The van der Waals surface area contributed by atoms with Crippen molar-refractivity contribution < 1.29 is 4.74 Å². The van der Waals surface area contributed by atoms with Crippen LogP contribution >= 0.6 is 0 Å². The molecule has 0 saturated carbocycles. The Kier molecular flexibility index (Phi) is 6.98. The first-order valence-corrected chi connectivity index (χ1v) is 4.12. The maximum atomic E-state index is 5.21. The molecule has 10 heavy (non-hydrogen) atoms. The zero-order valence-corrected chi connectivity index (χ0v) is 7.10. The topological polar surface area (TPSA) is 35.2 Å². The van der Waals surface area contributed by atoms with E-state index >= 15 is 0 Å². The Labute approximate surface area is 63.7 Å². The van der Waals surface area contributed by atoms with Crippen LogP contribution in [0.25, 0.3) is 0 Å². The average molecular weight is 145 g/mol. The van der Waals surface area contributed by atoms with E-state index in [1.807, 2.05) is 0 Å². The third-order valence-corrected chi connectivity index (χ3v) is 1.75. The molecule has 0 aliphatic heterocycles. The van der Waals surface area contributed by atoms with Gasteiger partial charge >= 0.3 is 0 Å². The summed E-state index contributed by atoms with van der Waals surface area (Å²) >= 11 is 0.